The number of primary amides is 3. The zero-order chi connectivity index (χ0) is 32.3. The minimum Gasteiger partial charge on any atom is -0.480 e. The van der Waals surface area contributed by atoms with E-state index in [0.717, 1.165) is 0 Å². The van der Waals surface area contributed by atoms with Crippen LogP contribution in [0.25, 0.3) is 10.9 Å². The van der Waals surface area contributed by atoms with Crippen molar-refractivity contribution in [3.63, 3.8) is 0 Å². The molecule has 232 valence electrons. The minimum absolute atomic E-state index is 0.194. The summed E-state index contributed by atoms with van der Waals surface area (Å²) in [4.78, 5) is 99.9. The molecule has 1 aromatic heterocycles. The molecule has 18 nitrogen and oxygen atoms in total. The molecule has 43 heavy (non-hydrogen) atoms. The number of hydrogen-bond acceptors (Lipinski definition) is 9. The van der Waals surface area contributed by atoms with Crippen LogP contribution in [0.2, 0.25) is 0 Å². The van der Waals surface area contributed by atoms with Gasteiger partial charge in [-0.25, -0.2) is 0 Å². The predicted molar refractivity (Wildman–Crippen MR) is 148 cm³/mol. The van der Waals surface area contributed by atoms with Crippen molar-refractivity contribution in [1.29, 1.82) is 0 Å². The molecule has 0 bridgehead atoms. The molecule has 0 saturated heterocycles. The van der Waals surface area contributed by atoms with E-state index in [1.165, 1.54) is 0 Å². The molecule has 0 spiro atoms. The molecule has 2 aromatic rings. The van der Waals surface area contributed by atoms with Crippen LogP contribution in [-0.2, 0) is 44.8 Å². The lowest BCUT2D eigenvalue weighted by Gasteiger charge is -2.25. The Bertz CT molecular complexity index is 1410. The Morgan fingerprint density at radius 1 is 0.721 bits per heavy atom. The number of carboxylic acids is 1. The van der Waals surface area contributed by atoms with E-state index in [2.05, 4.69) is 20.9 Å². The van der Waals surface area contributed by atoms with Gasteiger partial charge in [0, 0.05) is 23.5 Å². The van der Waals surface area contributed by atoms with Crippen LogP contribution in [0.15, 0.2) is 30.5 Å². The molecule has 2 rings (SSSR count). The number of rotatable bonds is 17. The topological polar surface area (TPSA) is 325 Å². The molecule has 0 aliphatic heterocycles. The average Bonchev–Trinajstić information content (AvgIpc) is 3.32. The van der Waals surface area contributed by atoms with E-state index in [0.29, 0.717) is 16.5 Å². The summed E-state index contributed by atoms with van der Waals surface area (Å²) in [5.74, 6) is -8.37. The molecule has 0 fully saturated rings. The van der Waals surface area contributed by atoms with Gasteiger partial charge in [-0.3, -0.25) is 38.4 Å². The van der Waals surface area contributed by atoms with Crippen molar-refractivity contribution >= 4 is 58.2 Å². The number of H-pyrrole nitrogens is 1. The summed E-state index contributed by atoms with van der Waals surface area (Å²) in [7, 11) is 0. The molecular formula is C25H33N9O9. The lowest BCUT2D eigenvalue weighted by Crippen LogP contribution is -2.59. The molecule has 4 atom stereocenters. The van der Waals surface area contributed by atoms with Crippen molar-refractivity contribution in [3.05, 3.63) is 36.0 Å². The molecule has 0 saturated carbocycles. The van der Waals surface area contributed by atoms with Gasteiger partial charge < -0.3 is 54.3 Å². The quantitative estimate of drug-likeness (QED) is 0.0823. The van der Waals surface area contributed by atoms with Gasteiger partial charge in [-0.05, 0) is 11.6 Å². The van der Waals surface area contributed by atoms with Crippen LogP contribution in [0.3, 0.4) is 0 Å². The number of fused-ring (bicyclic) bond motifs is 1. The van der Waals surface area contributed by atoms with E-state index < -0.39 is 97.3 Å². The normalized spacial score (nSPS) is 13.5. The first-order chi connectivity index (χ1) is 20.2. The summed E-state index contributed by atoms with van der Waals surface area (Å²) in [5, 5.41) is 18.4. The number of aromatic nitrogens is 1. The fraction of sp³-hybridized carbons (Fsp3) is 0.360. The standard InChI is InChI=1S/C25H33N9O9/c26-13(6-18(27)35)22(40)32-17(8-20(29)37)25(43)33-15(5-11-9-30-14-4-2-1-3-12(11)14)24(42)34-16(7-19(28)36)23(41)31-10-21(38)39/h1-4,9,13,15-17,30H,5-8,10,26H2,(H2,27,35)(H2,28,36)(H2,29,37)(H,31,41)(H,32,40)(H,33,43)(H,34,42)(H,38,39)/t13-,15-,16-,17-/m0/s1. The van der Waals surface area contributed by atoms with Crippen molar-refractivity contribution in [1.82, 2.24) is 26.3 Å². The van der Waals surface area contributed by atoms with Crippen molar-refractivity contribution in [2.75, 3.05) is 6.54 Å². The van der Waals surface area contributed by atoms with Gasteiger partial charge in [0.05, 0.1) is 25.3 Å². The van der Waals surface area contributed by atoms with E-state index >= 15 is 0 Å². The predicted octanol–water partition coefficient (Wildman–Crippen LogP) is -4.68. The number of benzene rings is 1. The molecular weight excluding hydrogens is 570 g/mol. The Hall–Kier alpha value is -5.52. The van der Waals surface area contributed by atoms with E-state index in [1.54, 1.807) is 30.5 Å². The minimum atomic E-state index is -1.64. The zero-order valence-electron chi connectivity index (χ0n) is 22.8. The van der Waals surface area contributed by atoms with Crippen LogP contribution in [0.5, 0.6) is 0 Å². The first kappa shape index (κ1) is 33.7. The van der Waals surface area contributed by atoms with E-state index in [4.69, 9.17) is 28.0 Å². The number of hydrogen-bond donors (Lipinski definition) is 10. The number of carbonyl (C=O) groups excluding carboxylic acids is 7. The molecule has 0 radical (unpaired) electrons. The Balaban J connectivity index is 2.38. The van der Waals surface area contributed by atoms with Crippen LogP contribution in [0.4, 0.5) is 0 Å². The van der Waals surface area contributed by atoms with Crippen molar-refractivity contribution in [2.24, 2.45) is 22.9 Å². The SMILES string of the molecule is NC(=O)C[C@H](NC(=O)[C@H](Cc1c[nH]c2ccccc12)NC(=O)[C@H](CC(N)=O)NC(=O)[C@@H](N)CC(N)=O)C(=O)NCC(=O)O. The van der Waals surface area contributed by atoms with Gasteiger partial charge in [0.2, 0.25) is 41.4 Å². The zero-order valence-corrected chi connectivity index (χ0v) is 22.8. The molecule has 0 unspecified atom stereocenters. The number of carbonyl (C=O) groups is 8. The lowest BCUT2D eigenvalue weighted by molar-refractivity contribution is -0.138. The van der Waals surface area contributed by atoms with Crippen molar-refractivity contribution < 1.29 is 43.5 Å². The molecule has 7 amide bonds. The van der Waals surface area contributed by atoms with Crippen LogP contribution in [-0.4, -0.2) is 88.1 Å². The van der Waals surface area contributed by atoms with Crippen LogP contribution in [0, 0.1) is 0 Å². The third kappa shape index (κ3) is 10.8. The Morgan fingerprint density at radius 3 is 1.81 bits per heavy atom. The van der Waals surface area contributed by atoms with E-state index in [1.807, 2.05) is 5.32 Å². The van der Waals surface area contributed by atoms with Crippen LogP contribution >= 0.6 is 0 Å². The third-order valence-corrected chi connectivity index (χ3v) is 5.98. The summed E-state index contributed by atoms with van der Waals surface area (Å²) in [6, 6.07) is 0.808. The second-order valence-electron chi connectivity index (χ2n) is 9.48. The second-order valence-corrected chi connectivity index (χ2v) is 9.48. The van der Waals surface area contributed by atoms with Crippen molar-refractivity contribution in [3.8, 4) is 0 Å². The maximum Gasteiger partial charge on any atom is 0.322 e. The maximum atomic E-state index is 13.4. The summed E-state index contributed by atoms with van der Waals surface area (Å²) in [6.45, 7) is -0.814. The van der Waals surface area contributed by atoms with Crippen LogP contribution < -0.4 is 44.2 Å². The molecule has 1 aromatic carbocycles. The van der Waals surface area contributed by atoms with Crippen molar-refractivity contribution in [2.45, 2.75) is 49.9 Å². The summed E-state index contributed by atoms with van der Waals surface area (Å²) in [6.07, 6.45) is -0.607. The number of nitrogens with two attached hydrogens (primary N) is 4. The molecule has 18 heteroatoms. The van der Waals surface area contributed by atoms with Gasteiger partial charge in [-0.2, -0.15) is 0 Å². The lowest BCUT2D eigenvalue weighted by atomic mass is 10.0. The molecule has 1 heterocycles. The first-order valence-electron chi connectivity index (χ1n) is 12.7. The fourth-order valence-electron chi connectivity index (χ4n) is 3.97. The summed E-state index contributed by atoms with van der Waals surface area (Å²) >= 11 is 0. The van der Waals surface area contributed by atoms with Gasteiger partial charge >= 0.3 is 5.97 Å². The number of nitrogens with one attached hydrogen (secondary N) is 5. The third-order valence-electron chi connectivity index (χ3n) is 5.98. The largest absolute Gasteiger partial charge is 0.480 e. The highest BCUT2D eigenvalue weighted by Crippen LogP contribution is 2.19. The highest BCUT2D eigenvalue weighted by atomic mass is 16.4. The Morgan fingerprint density at radius 2 is 1.23 bits per heavy atom. The second kappa shape index (κ2) is 15.5. The van der Waals surface area contributed by atoms with E-state index in [9.17, 15) is 38.4 Å². The molecule has 0 aliphatic rings. The van der Waals surface area contributed by atoms with Crippen LogP contribution in [0.1, 0.15) is 24.8 Å². The van der Waals surface area contributed by atoms with Gasteiger partial charge in [-0.15, -0.1) is 0 Å². The summed E-state index contributed by atoms with van der Waals surface area (Å²) < 4.78 is 0. The monoisotopic (exact) mass is 603 g/mol. The maximum absolute atomic E-state index is 13.4. The Kier molecular flexibility index (Phi) is 12.1. The summed E-state index contributed by atoms with van der Waals surface area (Å²) in [5.41, 5.74) is 22.3. The number of aromatic amines is 1. The molecule has 0 aliphatic carbocycles. The average molecular weight is 604 g/mol. The van der Waals surface area contributed by atoms with Gasteiger partial charge in [-0.1, -0.05) is 18.2 Å². The highest BCUT2D eigenvalue weighted by Gasteiger charge is 2.32. The highest BCUT2D eigenvalue weighted by molar-refractivity contribution is 5.98. The smallest absolute Gasteiger partial charge is 0.322 e. The van der Waals surface area contributed by atoms with E-state index in [-0.39, 0.29) is 6.42 Å². The van der Waals surface area contributed by atoms with Gasteiger partial charge in [0.15, 0.2) is 0 Å². The number of para-hydroxylation sites is 1. The fourth-order valence-corrected chi connectivity index (χ4v) is 3.97. The molecule has 14 N–H and O–H groups in total. The number of carboxylic acid groups (broad SMARTS) is 1. The number of amides is 7. The first-order valence-corrected chi connectivity index (χ1v) is 12.7. The van der Waals surface area contributed by atoms with Gasteiger partial charge in [0.25, 0.3) is 0 Å². The Labute approximate surface area is 243 Å². The number of aliphatic carboxylic acids is 1. The van der Waals surface area contributed by atoms with Gasteiger partial charge in [0.1, 0.15) is 24.7 Å².